The number of anilines is 1. The van der Waals surface area contributed by atoms with Crippen molar-refractivity contribution in [3.8, 4) is 0 Å². The topological polar surface area (TPSA) is 21.1 Å². The SMILES string of the molecule is CN(C[Si](C)(C)C)c1ccnn1C. The molecule has 0 atom stereocenters. The maximum Gasteiger partial charge on any atom is 0.125 e. The van der Waals surface area contributed by atoms with Gasteiger partial charge in [-0.1, -0.05) is 19.6 Å². The third kappa shape index (κ3) is 2.88. The van der Waals surface area contributed by atoms with Gasteiger partial charge in [0.2, 0.25) is 0 Å². The molecule has 0 saturated heterocycles. The monoisotopic (exact) mass is 197 g/mol. The van der Waals surface area contributed by atoms with Gasteiger partial charge in [-0.15, -0.1) is 0 Å². The van der Waals surface area contributed by atoms with E-state index in [0.717, 1.165) is 0 Å². The minimum Gasteiger partial charge on any atom is -0.363 e. The summed E-state index contributed by atoms with van der Waals surface area (Å²) in [5.74, 6) is 1.20. The molecule has 1 heterocycles. The number of aromatic nitrogens is 2. The number of rotatable bonds is 3. The van der Waals surface area contributed by atoms with Crippen molar-refractivity contribution in [1.29, 1.82) is 0 Å². The highest BCUT2D eigenvalue weighted by molar-refractivity contribution is 6.76. The van der Waals surface area contributed by atoms with Crippen LogP contribution in [0, 0.1) is 0 Å². The average molecular weight is 197 g/mol. The Morgan fingerprint density at radius 3 is 2.46 bits per heavy atom. The molecule has 1 aromatic heterocycles. The zero-order valence-corrected chi connectivity index (χ0v) is 10.2. The second kappa shape index (κ2) is 3.53. The van der Waals surface area contributed by atoms with Crippen LogP contribution in [0.1, 0.15) is 0 Å². The molecule has 0 radical (unpaired) electrons. The molecule has 74 valence electrons. The van der Waals surface area contributed by atoms with Crippen LogP contribution in [-0.4, -0.2) is 31.1 Å². The van der Waals surface area contributed by atoms with E-state index < -0.39 is 8.07 Å². The molecule has 0 aliphatic carbocycles. The molecule has 3 nitrogen and oxygen atoms in total. The van der Waals surface area contributed by atoms with E-state index in [1.165, 1.54) is 12.0 Å². The summed E-state index contributed by atoms with van der Waals surface area (Å²) in [5, 5.41) is 4.16. The van der Waals surface area contributed by atoms with Gasteiger partial charge < -0.3 is 4.90 Å². The number of nitrogens with zero attached hydrogens (tertiary/aromatic N) is 3. The Hall–Kier alpha value is -0.773. The maximum atomic E-state index is 4.16. The highest BCUT2D eigenvalue weighted by atomic mass is 28.3. The van der Waals surface area contributed by atoms with Crippen molar-refractivity contribution in [2.24, 2.45) is 7.05 Å². The first kappa shape index (κ1) is 10.3. The van der Waals surface area contributed by atoms with Gasteiger partial charge in [0.05, 0.1) is 14.3 Å². The van der Waals surface area contributed by atoms with Crippen LogP contribution in [0.2, 0.25) is 19.6 Å². The Kier molecular flexibility index (Phi) is 2.80. The van der Waals surface area contributed by atoms with Gasteiger partial charge in [-0.2, -0.15) is 5.10 Å². The molecule has 0 spiro atoms. The van der Waals surface area contributed by atoms with Crippen LogP contribution >= 0.6 is 0 Å². The second-order valence-electron chi connectivity index (χ2n) is 4.73. The Morgan fingerprint density at radius 2 is 2.08 bits per heavy atom. The van der Waals surface area contributed by atoms with Crippen molar-refractivity contribution in [3.63, 3.8) is 0 Å². The lowest BCUT2D eigenvalue weighted by molar-refractivity contribution is 0.750. The van der Waals surface area contributed by atoms with E-state index in [4.69, 9.17) is 0 Å². The first-order chi connectivity index (χ1) is 5.90. The summed E-state index contributed by atoms with van der Waals surface area (Å²) in [5.41, 5.74) is 0. The van der Waals surface area contributed by atoms with Gasteiger partial charge in [0.1, 0.15) is 5.82 Å². The third-order valence-electron chi connectivity index (χ3n) is 1.90. The highest BCUT2D eigenvalue weighted by Crippen LogP contribution is 2.12. The maximum absolute atomic E-state index is 4.16. The highest BCUT2D eigenvalue weighted by Gasteiger charge is 2.17. The van der Waals surface area contributed by atoms with Crippen molar-refractivity contribution in [3.05, 3.63) is 12.3 Å². The normalized spacial score (nSPS) is 11.8. The minimum absolute atomic E-state index is 1.01. The van der Waals surface area contributed by atoms with Crippen LogP contribution in [0.5, 0.6) is 0 Å². The first-order valence-corrected chi connectivity index (χ1v) is 8.30. The summed E-state index contributed by atoms with van der Waals surface area (Å²) in [4.78, 5) is 2.29. The van der Waals surface area contributed by atoms with Crippen LogP contribution in [0.3, 0.4) is 0 Å². The fourth-order valence-electron chi connectivity index (χ4n) is 1.53. The predicted octanol–water partition coefficient (Wildman–Crippen LogP) is 1.73. The van der Waals surface area contributed by atoms with Gasteiger partial charge in [0.25, 0.3) is 0 Å². The summed E-state index contributed by atoms with van der Waals surface area (Å²) < 4.78 is 1.92. The van der Waals surface area contributed by atoms with E-state index in [1.54, 1.807) is 0 Å². The molecular formula is C9H19N3Si. The minimum atomic E-state index is -1.01. The molecule has 0 N–H and O–H groups in total. The van der Waals surface area contributed by atoms with Crippen LogP contribution in [0.4, 0.5) is 5.82 Å². The van der Waals surface area contributed by atoms with E-state index in [-0.39, 0.29) is 0 Å². The molecular weight excluding hydrogens is 178 g/mol. The van der Waals surface area contributed by atoms with Crippen molar-refractivity contribution < 1.29 is 0 Å². The molecule has 0 fully saturated rings. The molecule has 0 saturated carbocycles. The molecule has 4 heteroatoms. The van der Waals surface area contributed by atoms with Crippen LogP contribution < -0.4 is 4.90 Å². The Bertz CT molecular complexity index is 275. The van der Waals surface area contributed by atoms with Crippen LogP contribution in [0.15, 0.2) is 12.3 Å². The number of aryl methyl sites for hydroxylation is 1. The molecule has 0 aliphatic heterocycles. The van der Waals surface area contributed by atoms with Crippen molar-refractivity contribution >= 4 is 13.9 Å². The van der Waals surface area contributed by atoms with Crippen molar-refractivity contribution in [1.82, 2.24) is 9.78 Å². The molecule has 0 aliphatic rings. The smallest absolute Gasteiger partial charge is 0.125 e. The summed E-state index contributed by atoms with van der Waals surface area (Å²) in [7, 11) is 3.10. The summed E-state index contributed by atoms with van der Waals surface area (Å²) >= 11 is 0. The third-order valence-corrected chi connectivity index (χ3v) is 3.32. The van der Waals surface area contributed by atoms with E-state index in [0.29, 0.717) is 0 Å². The molecule has 1 aromatic rings. The lowest BCUT2D eigenvalue weighted by Crippen LogP contribution is -2.38. The van der Waals surface area contributed by atoms with Crippen molar-refractivity contribution in [2.75, 3.05) is 18.1 Å². The Morgan fingerprint density at radius 1 is 1.46 bits per heavy atom. The van der Waals surface area contributed by atoms with Gasteiger partial charge >= 0.3 is 0 Å². The number of hydrogen-bond acceptors (Lipinski definition) is 2. The molecule has 0 aromatic carbocycles. The average Bonchev–Trinajstić information content (AvgIpc) is 2.30. The molecule has 0 amide bonds. The quantitative estimate of drug-likeness (QED) is 0.688. The van der Waals surface area contributed by atoms with Gasteiger partial charge in [-0.3, -0.25) is 4.68 Å². The first-order valence-electron chi connectivity index (χ1n) is 4.59. The number of hydrogen-bond donors (Lipinski definition) is 0. The van der Waals surface area contributed by atoms with Gasteiger partial charge in [-0.05, 0) is 0 Å². The lowest BCUT2D eigenvalue weighted by Gasteiger charge is -2.26. The zero-order chi connectivity index (χ0) is 10.1. The Balaban J connectivity index is 2.69. The summed E-state index contributed by atoms with van der Waals surface area (Å²) in [6.45, 7) is 7.12. The summed E-state index contributed by atoms with van der Waals surface area (Å²) in [6.07, 6.45) is 3.02. The van der Waals surface area contributed by atoms with Gasteiger partial charge in [-0.25, -0.2) is 0 Å². The fraction of sp³-hybridized carbons (Fsp3) is 0.667. The summed E-state index contributed by atoms with van der Waals surface area (Å²) in [6, 6.07) is 2.06. The second-order valence-corrected chi connectivity index (χ2v) is 10.2. The van der Waals surface area contributed by atoms with Gasteiger partial charge in [0.15, 0.2) is 0 Å². The van der Waals surface area contributed by atoms with E-state index in [2.05, 4.69) is 42.8 Å². The van der Waals surface area contributed by atoms with Gasteiger partial charge in [0, 0.05) is 26.3 Å². The zero-order valence-electron chi connectivity index (χ0n) is 9.20. The van der Waals surface area contributed by atoms with Crippen molar-refractivity contribution in [2.45, 2.75) is 19.6 Å². The standard InChI is InChI=1S/C9H19N3Si/c1-11(8-13(3,4)5)9-6-7-10-12(9)2/h6-7H,8H2,1-5H3. The molecule has 13 heavy (non-hydrogen) atoms. The van der Waals surface area contributed by atoms with E-state index in [1.807, 2.05) is 17.9 Å². The Labute approximate surface area is 81.4 Å². The molecule has 1 rings (SSSR count). The lowest BCUT2D eigenvalue weighted by atomic mass is 10.6. The van der Waals surface area contributed by atoms with E-state index >= 15 is 0 Å². The van der Waals surface area contributed by atoms with E-state index in [9.17, 15) is 0 Å². The van der Waals surface area contributed by atoms with Crippen LogP contribution in [0.25, 0.3) is 0 Å². The molecule has 0 bridgehead atoms. The largest absolute Gasteiger partial charge is 0.363 e. The predicted molar refractivity (Wildman–Crippen MR) is 59.8 cm³/mol. The van der Waals surface area contributed by atoms with Crippen LogP contribution in [-0.2, 0) is 7.05 Å². The fourth-order valence-corrected chi connectivity index (χ4v) is 3.12. The molecule has 0 unspecified atom stereocenters.